The molecule has 0 unspecified atom stereocenters. The fraction of sp³-hybridized carbons (Fsp3) is 0.400. The van der Waals surface area contributed by atoms with Gasteiger partial charge in [0.05, 0.1) is 7.11 Å². The lowest BCUT2D eigenvalue weighted by molar-refractivity contribution is 0.273. The summed E-state index contributed by atoms with van der Waals surface area (Å²) in [6, 6.07) is 1.42. The van der Waals surface area contributed by atoms with Gasteiger partial charge in [-0.15, -0.1) is 12.4 Å². The molecule has 1 atom stereocenters. The van der Waals surface area contributed by atoms with Crippen molar-refractivity contribution in [3.63, 3.8) is 0 Å². The van der Waals surface area contributed by atoms with Gasteiger partial charge in [-0.05, 0) is 18.6 Å². The van der Waals surface area contributed by atoms with E-state index < -0.39 is 17.7 Å². The first kappa shape index (κ1) is 15.1. The second-order valence-corrected chi connectivity index (χ2v) is 3.10. The number of hydrogen-bond acceptors (Lipinski definition) is 3. The highest BCUT2D eigenvalue weighted by Gasteiger charge is 2.19. The number of aliphatic hydroxyl groups is 1. The summed E-state index contributed by atoms with van der Waals surface area (Å²) >= 11 is 0. The number of hydrogen-bond donors (Lipinski definition) is 2. The molecule has 1 rings (SSSR count). The Morgan fingerprint density at radius 3 is 2.56 bits per heavy atom. The van der Waals surface area contributed by atoms with Crippen LogP contribution < -0.4 is 10.5 Å². The van der Waals surface area contributed by atoms with Crippen molar-refractivity contribution in [2.75, 3.05) is 13.7 Å². The van der Waals surface area contributed by atoms with Crippen molar-refractivity contribution in [3.05, 3.63) is 29.3 Å². The van der Waals surface area contributed by atoms with E-state index in [9.17, 15) is 8.78 Å². The van der Waals surface area contributed by atoms with Gasteiger partial charge in [-0.25, -0.2) is 8.78 Å². The molecule has 6 heteroatoms. The Morgan fingerprint density at radius 2 is 2.06 bits per heavy atom. The number of nitrogens with two attached hydrogens (primary N) is 1. The van der Waals surface area contributed by atoms with Crippen LogP contribution in [0.5, 0.6) is 5.75 Å². The van der Waals surface area contributed by atoms with E-state index in [4.69, 9.17) is 15.6 Å². The molecule has 0 aliphatic carbocycles. The summed E-state index contributed by atoms with van der Waals surface area (Å²) in [6.45, 7) is -0.225. The zero-order valence-corrected chi connectivity index (χ0v) is 9.56. The molecule has 0 saturated carbocycles. The summed E-state index contributed by atoms with van der Waals surface area (Å²) in [6.07, 6.45) is 0.0982. The van der Waals surface area contributed by atoms with Gasteiger partial charge in [0, 0.05) is 18.2 Å². The third-order valence-electron chi connectivity index (χ3n) is 2.12. The Bertz CT molecular complexity index is 350. The van der Waals surface area contributed by atoms with Crippen LogP contribution in [0.4, 0.5) is 8.78 Å². The number of aliphatic hydroxyl groups excluding tert-OH is 1. The fourth-order valence-electron chi connectivity index (χ4n) is 1.33. The van der Waals surface area contributed by atoms with Crippen molar-refractivity contribution in [1.82, 2.24) is 0 Å². The molecule has 3 nitrogen and oxygen atoms in total. The first-order valence-electron chi connectivity index (χ1n) is 4.50. The number of benzene rings is 1. The molecule has 92 valence electrons. The van der Waals surface area contributed by atoms with E-state index in [0.717, 1.165) is 6.07 Å². The Morgan fingerprint density at radius 1 is 1.44 bits per heavy atom. The number of rotatable bonds is 4. The lowest BCUT2D eigenvalue weighted by Gasteiger charge is -2.14. The van der Waals surface area contributed by atoms with Crippen LogP contribution >= 0.6 is 12.4 Å². The van der Waals surface area contributed by atoms with E-state index in [1.165, 1.54) is 13.2 Å². The van der Waals surface area contributed by atoms with Gasteiger partial charge in [0.15, 0.2) is 11.6 Å². The highest BCUT2D eigenvalue weighted by molar-refractivity contribution is 5.85. The Kier molecular flexibility index (Phi) is 6.25. The molecular weight excluding hydrogens is 240 g/mol. The summed E-state index contributed by atoms with van der Waals surface area (Å²) in [4.78, 5) is 0. The zero-order chi connectivity index (χ0) is 11.4. The molecule has 1 aromatic rings. The fourth-order valence-corrected chi connectivity index (χ4v) is 1.33. The maximum Gasteiger partial charge on any atom is 0.172 e. The van der Waals surface area contributed by atoms with Crippen molar-refractivity contribution in [2.45, 2.75) is 12.5 Å². The van der Waals surface area contributed by atoms with Crippen LogP contribution in [0.15, 0.2) is 12.1 Å². The molecule has 0 fully saturated rings. The van der Waals surface area contributed by atoms with Crippen molar-refractivity contribution < 1.29 is 18.6 Å². The van der Waals surface area contributed by atoms with E-state index in [0.29, 0.717) is 0 Å². The quantitative estimate of drug-likeness (QED) is 0.860. The molecule has 0 heterocycles. The summed E-state index contributed by atoms with van der Waals surface area (Å²) in [7, 11) is 1.29. The van der Waals surface area contributed by atoms with Crippen molar-refractivity contribution in [2.24, 2.45) is 5.73 Å². The predicted molar refractivity (Wildman–Crippen MR) is 58.8 cm³/mol. The first-order chi connectivity index (χ1) is 7.11. The second-order valence-electron chi connectivity index (χ2n) is 3.10. The zero-order valence-electron chi connectivity index (χ0n) is 8.74. The number of ether oxygens (including phenoxy) is 1. The van der Waals surface area contributed by atoms with Gasteiger partial charge in [0.2, 0.25) is 0 Å². The SMILES string of the molecule is COc1ccc(F)c([C@H](N)CCO)c1F.Cl. The topological polar surface area (TPSA) is 55.5 Å². The summed E-state index contributed by atoms with van der Waals surface area (Å²) in [5.74, 6) is -1.59. The maximum atomic E-state index is 13.6. The predicted octanol–water partition coefficient (Wildman–Crippen LogP) is 1.78. The minimum absolute atomic E-state index is 0. The molecule has 0 aliphatic heterocycles. The molecule has 1 aromatic carbocycles. The molecule has 0 aromatic heterocycles. The Hall–Kier alpha value is -0.910. The summed E-state index contributed by atoms with van der Waals surface area (Å²) < 4.78 is 31.6. The first-order valence-corrected chi connectivity index (χ1v) is 4.50. The Labute approximate surface area is 98.6 Å². The molecule has 0 bridgehead atoms. The van der Waals surface area contributed by atoms with Crippen LogP contribution in [-0.2, 0) is 0 Å². The lowest BCUT2D eigenvalue weighted by Crippen LogP contribution is -2.16. The third kappa shape index (κ3) is 3.04. The van der Waals surface area contributed by atoms with Gasteiger partial charge < -0.3 is 15.6 Å². The van der Waals surface area contributed by atoms with Crippen LogP contribution in [0, 0.1) is 11.6 Å². The molecule has 0 aliphatic rings. The highest BCUT2D eigenvalue weighted by atomic mass is 35.5. The minimum Gasteiger partial charge on any atom is -0.494 e. The summed E-state index contributed by atoms with van der Waals surface area (Å²) in [5, 5.41) is 8.65. The molecule has 0 amide bonds. The largest absolute Gasteiger partial charge is 0.494 e. The van der Waals surface area contributed by atoms with Crippen LogP contribution in [-0.4, -0.2) is 18.8 Å². The molecular formula is C10H14ClF2NO2. The standard InChI is InChI=1S/C10H13F2NO2.ClH/c1-15-8-3-2-6(11)9(10(8)12)7(13)4-5-14;/h2-3,7,14H,4-5,13H2,1H3;1H/t7-;/m1./s1. The van der Waals surface area contributed by atoms with Gasteiger partial charge in [-0.3, -0.25) is 0 Å². The molecule has 0 saturated heterocycles. The third-order valence-corrected chi connectivity index (χ3v) is 2.12. The van der Waals surface area contributed by atoms with E-state index in [-0.39, 0.29) is 36.7 Å². The van der Waals surface area contributed by atoms with Gasteiger partial charge in [-0.2, -0.15) is 0 Å². The van der Waals surface area contributed by atoms with Gasteiger partial charge in [0.25, 0.3) is 0 Å². The van der Waals surface area contributed by atoms with Gasteiger partial charge in [0.1, 0.15) is 5.82 Å². The van der Waals surface area contributed by atoms with E-state index >= 15 is 0 Å². The van der Waals surface area contributed by atoms with E-state index in [2.05, 4.69) is 0 Å². The van der Waals surface area contributed by atoms with Crippen molar-refractivity contribution in [1.29, 1.82) is 0 Å². The average Bonchev–Trinajstić information content (AvgIpc) is 2.18. The minimum atomic E-state index is -0.870. The molecule has 0 spiro atoms. The average molecular weight is 254 g/mol. The molecule has 16 heavy (non-hydrogen) atoms. The maximum absolute atomic E-state index is 13.6. The second kappa shape index (κ2) is 6.62. The lowest BCUT2D eigenvalue weighted by atomic mass is 10.0. The van der Waals surface area contributed by atoms with E-state index in [1.807, 2.05) is 0 Å². The normalized spacial score (nSPS) is 11.8. The molecule has 0 radical (unpaired) electrons. The Balaban J connectivity index is 0.00000225. The van der Waals surface area contributed by atoms with Gasteiger partial charge in [-0.1, -0.05) is 0 Å². The van der Waals surface area contributed by atoms with Crippen LogP contribution in [0.1, 0.15) is 18.0 Å². The van der Waals surface area contributed by atoms with Gasteiger partial charge >= 0.3 is 0 Å². The summed E-state index contributed by atoms with van der Waals surface area (Å²) in [5.41, 5.74) is 5.29. The molecule has 3 N–H and O–H groups in total. The van der Waals surface area contributed by atoms with Crippen molar-refractivity contribution >= 4 is 12.4 Å². The van der Waals surface area contributed by atoms with Crippen LogP contribution in [0.25, 0.3) is 0 Å². The monoisotopic (exact) mass is 253 g/mol. The van der Waals surface area contributed by atoms with Crippen molar-refractivity contribution in [3.8, 4) is 5.75 Å². The van der Waals surface area contributed by atoms with Crippen LogP contribution in [0.2, 0.25) is 0 Å². The smallest absolute Gasteiger partial charge is 0.172 e. The van der Waals surface area contributed by atoms with E-state index in [1.54, 1.807) is 0 Å². The highest BCUT2D eigenvalue weighted by Crippen LogP contribution is 2.27. The number of methoxy groups -OCH3 is 1. The number of halogens is 3. The van der Waals surface area contributed by atoms with Crippen LogP contribution in [0.3, 0.4) is 0 Å².